The highest BCUT2D eigenvalue weighted by Crippen LogP contribution is 2.19. The van der Waals surface area contributed by atoms with Crippen molar-refractivity contribution in [2.45, 2.75) is 19.4 Å². The lowest BCUT2D eigenvalue weighted by atomic mass is 10.2. The molecule has 0 aliphatic carbocycles. The highest BCUT2D eigenvalue weighted by atomic mass is 19.1. The molecule has 1 aliphatic rings. The average Bonchev–Trinajstić information content (AvgIpc) is 2.85. The van der Waals surface area contributed by atoms with Gasteiger partial charge in [0.25, 0.3) is 0 Å². The van der Waals surface area contributed by atoms with E-state index < -0.39 is 0 Å². The normalized spacial score (nSPS) is 16.1. The Morgan fingerprint density at radius 1 is 1.33 bits per heavy atom. The first kappa shape index (κ1) is 13.3. The van der Waals surface area contributed by atoms with Crippen molar-refractivity contribution in [3.63, 3.8) is 0 Å². The van der Waals surface area contributed by atoms with Crippen LogP contribution in [0.25, 0.3) is 0 Å². The zero-order chi connectivity index (χ0) is 12.8. The van der Waals surface area contributed by atoms with E-state index in [1.165, 1.54) is 38.1 Å². The van der Waals surface area contributed by atoms with Gasteiger partial charge in [0.1, 0.15) is 18.2 Å². The van der Waals surface area contributed by atoms with Crippen molar-refractivity contribution in [2.24, 2.45) is 0 Å². The summed E-state index contributed by atoms with van der Waals surface area (Å²) < 4.78 is 18.9. The minimum Gasteiger partial charge on any atom is -0.492 e. The molecule has 0 radical (unpaired) electrons. The maximum atomic E-state index is 13.1. The molecular formula is C14H21FN2O. The van der Waals surface area contributed by atoms with Crippen LogP contribution in [0.15, 0.2) is 18.2 Å². The standard InChI is InChI=1S/C14H21FN2O/c1-16-11-12-10-13(15)4-5-14(12)18-9-8-17-6-2-3-7-17/h4-5,10,16H,2-3,6-9,11H2,1H3. The quantitative estimate of drug-likeness (QED) is 0.838. The summed E-state index contributed by atoms with van der Waals surface area (Å²) in [4.78, 5) is 2.40. The Kier molecular flexibility index (Phi) is 4.96. The number of nitrogens with one attached hydrogen (secondary N) is 1. The molecule has 0 atom stereocenters. The fourth-order valence-electron chi connectivity index (χ4n) is 2.31. The van der Waals surface area contributed by atoms with Crippen LogP contribution in [0, 0.1) is 5.82 Å². The van der Waals surface area contributed by atoms with Gasteiger partial charge < -0.3 is 10.1 Å². The number of nitrogens with zero attached hydrogens (tertiary/aromatic N) is 1. The number of ether oxygens (including phenoxy) is 1. The van der Waals surface area contributed by atoms with Gasteiger partial charge in [0, 0.05) is 18.7 Å². The van der Waals surface area contributed by atoms with Crippen molar-refractivity contribution in [3.8, 4) is 5.75 Å². The number of rotatable bonds is 6. The zero-order valence-electron chi connectivity index (χ0n) is 10.9. The van der Waals surface area contributed by atoms with Crippen molar-refractivity contribution < 1.29 is 9.13 Å². The largest absolute Gasteiger partial charge is 0.492 e. The van der Waals surface area contributed by atoms with Crippen molar-refractivity contribution >= 4 is 0 Å². The van der Waals surface area contributed by atoms with Crippen LogP contribution in [0.3, 0.4) is 0 Å². The van der Waals surface area contributed by atoms with Gasteiger partial charge in [-0.1, -0.05) is 0 Å². The lowest BCUT2D eigenvalue weighted by Crippen LogP contribution is -2.25. The van der Waals surface area contributed by atoms with E-state index in [1.54, 1.807) is 6.07 Å². The molecule has 0 spiro atoms. The monoisotopic (exact) mass is 252 g/mol. The second-order valence-corrected chi connectivity index (χ2v) is 4.68. The molecular weight excluding hydrogens is 231 g/mol. The molecule has 1 aliphatic heterocycles. The van der Waals surface area contributed by atoms with Gasteiger partial charge in [0.2, 0.25) is 0 Å². The minimum absolute atomic E-state index is 0.216. The van der Waals surface area contributed by atoms with Crippen LogP contribution in [0.4, 0.5) is 4.39 Å². The third-order valence-electron chi connectivity index (χ3n) is 3.25. The summed E-state index contributed by atoms with van der Waals surface area (Å²) in [5.74, 6) is 0.567. The van der Waals surface area contributed by atoms with E-state index in [4.69, 9.17) is 4.74 Å². The summed E-state index contributed by atoms with van der Waals surface area (Å²) in [6.07, 6.45) is 2.59. The Balaban J connectivity index is 1.87. The van der Waals surface area contributed by atoms with E-state index >= 15 is 0 Å². The van der Waals surface area contributed by atoms with Crippen molar-refractivity contribution in [2.75, 3.05) is 33.3 Å². The lowest BCUT2D eigenvalue weighted by Gasteiger charge is -2.16. The van der Waals surface area contributed by atoms with E-state index in [9.17, 15) is 4.39 Å². The molecule has 3 nitrogen and oxygen atoms in total. The number of hydrogen-bond acceptors (Lipinski definition) is 3. The van der Waals surface area contributed by atoms with Crippen LogP contribution in [0.2, 0.25) is 0 Å². The first-order valence-electron chi connectivity index (χ1n) is 6.58. The highest BCUT2D eigenvalue weighted by molar-refractivity contribution is 5.33. The predicted octanol–water partition coefficient (Wildman–Crippen LogP) is 2.02. The topological polar surface area (TPSA) is 24.5 Å². The van der Waals surface area contributed by atoms with E-state index in [-0.39, 0.29) is 5.82 Å². The Labute approximate surface area is 108 Å². The molecule has 100 valence electrons. The molecule has 1 N–H and O–H groups in total. The summed E-state index contributed by atoms with van der Waals surface area (Å²) in [5.41, 5.74) is 0.874. The summed E-state index contributed by atoms with van der Waals surface area (Å²) in [6.45, 7) is 4.60. The maximum absolute atomic E-state index is 13.1. The zero-order valence-corrected chi connectivity index (χ0v) is 10.9. The first-order valence-corrected chi connectivity index (χ1v) is 6.58. The van der Waals surface area contributed by atoms with Gasteiger partial charge in [0.15, 0.2) is 0 Å². The molecule has 1 fully saturated rings. The molecule has 1 aromatic rings. The van der Waals surface area contributed by atoms with Crippen LogP contribution in [0.5, 0.6) is 5.75 Å². The van der Waals surface area contributed by atoms with E-state index in [0.29, 0.717) is 13.2 Å². The average molecular weight is 252 g/mol. The van der Waals surface area contributed by atoms with Crippen LogP contribution in [0.1, 0.15) is 18.4 Å². The fraction of sp³-hybridized carbons (Fsp3) is 0.571. The van der Waals surface area contributed by atoms with E-state index in [2.05, 4.69) is 10.2 Å². The lowest BCUT2D eigenvalue weighted by molar-refractivity contribution is 0.236. The molecule has 0 aromatic heterocycles. The Hall–Kier alpha value is -1.13. The summed E-state index contributed by atoms with van der Waals surface area (Å²) in [7, 11) is 1.85. The molecule has 4 heteroatoms. The van der Waals surface area contributed by atoms with Crippen LogP contribution < -0.4 is 10.1 Å². The van der Waals surface area contributed by atoms with Gasteiger partial charge in [-0.25, -0.2) is 4.39 Å². The first-order chi connectivity index (χ1) is 8.79. The molecule has 1 heterocycles. The Bertz CT molecular complexity index is 378. The summed E-state index contributed by atoms with van der Waals surface area (Å²) >= 11 is 0. The SMILES string of the molecule is CNCc1cc(F)ccc1OCCN1CCCC1. The molecule has 1 saturated heterocycles. The van der Waals surface area contributed by atoms with Crippen molar-refractivity contribution in [3.05, 3.63) is 29.6 Å². The van der Waals surface area contributed by atoms with Crippen LogP contribution in [-0.4, -0.2) is 38.2 Å². The van der Waals surface area contributed by atoms with Gasteiger partial charge in [-0.3, -0.25) is 4.90 Å². The summed E-state index contributed by atoms with van der Waals surface area (Å²) in [5, 5.41) is 3.03. The van der Waals surface area contributed by atoms with E-state index in [0.717, 1.165) is 17.9 Å². The molecule has 18 heavy (non-hydrogen) atoms. The predicted molar refractivity (Wildman–Crippen MR) is 70.3 cm³/mol. The fourth-order valence-corrected chi connectivity index (χ4v) is 2.31. The number of halogens is 1. The van der Waals surface area contributed by atoms with Crippen molar-refractivity contribution in [1.82, 2.24) is 10.2 Å². The van der Waals surface area contributed by atoms with Gasteiger partial charge in [-0.05, 0) is 51.2 Å². The summed E-state index contributed by atoms with van der Waals surface area (Å²) in [6, 6.07) is 4.69. The highest BCUT2D eigenvalue weighted by Gasteiger charge is 2.11. The number of benzene rings is 1. The minimum atomic E-state index is -0.216. The molecule has 0 unspecified atom stereocenters. The second kappa shape index (κ2) is 6.71. The van der Waals surface area contributed by atoms with E-state index in [1.807, 2.05) is 7.05 Å². The molecule has 0 amide bonds. The Morgan fingerprint density at radius 2 is 2.11 bits per heavy atom. The van der Waals surface area contributed by atoms with Gasteiger partial charge in [0.05, 0.1) is 0 Å². The van der Waals surface area contributed by atoms with Crippen molar-refractivity contribution in [1.29, 1.82) is 0 Å². The molecule has 0 saturated carbocycles. The molecule has 2 rings (SSSR count). The third-order valence-corrected chi connectivity index (χ3v) is 3.25. The van der Waals surface area contributed by atoms with Gasteiger partial charge in [-0.2, -0.15) is 0 Å². The Morgan fingerprint density at radius 3 is 2.83 bits per heavy atom. The van der Waals surface area contributed by atoms with Crippen LogP contribution in [-0.2, 0) is 6.54 Å². The molecule has 0 bridgehead atoms. The third kappa shape index (κ3) is 3.68. The number of likely N-dealkylation sites (tertiary alicyclic amines) is 1. The van der Waals surface area contributed by atoms with Gasteiger partial charge in [-0.15, -0.1) is 0 Å². The number of hydrogen-bond donors (Lipinski definition) is 1. The second-order valence-electron chi connectivity index (χ2n) is 4.68. The molecule has 1 aromatic carbocycles. The van der Waals surface area contributed by atoms with Gasteiger partial charge >= 0.3 is 0 Å². The maximum Gasteiger partial charge on any atom is 0.124 e. The smallest absolute Gasteiger partial charge is 0.124 e. The van der Waals surface area contributed by atoms with Crippen LogP contribution >= 0.6 is 0 Å².